The molecule has 4 heteroatoms. The third-order valence-electron chi connectivity index (χ3n) is 2.87. The van der Waals surface area contributed by atoms with E-state index in [0.29, 0.717) is 6.61 Å². The Morgan fingerprint density at radius 1 is 1.39 bits per heavy atom. The number of nitrogens with one attached hydrogen (secondary N) is 1. The van der Waals surface area contributed by atoms with Crippen molar-refractivity contribution in [2.75, 3.05) is 6.61 Å². The fraction of sp³-hybridized carbons (Fsp3) is 0.500. The summed E-state index contributed by atoms with van der Waals surface area (Å²) in [6.07, 6.45) is 0. The molecule has 0 aliphatic rings. The summed E-state index contributed by atoms with van der Waals surface area (Å²) in [5.74, 6) is 4.66. The van der Waals surface area contributed by atoms with Gasteiger partial charge >= 0.3 is 0 Å². The van der Waals surface area contributed by atoms with Gasteiger partial charge in [-0.3, -0.25) is 10.2 Å². The maximum absolute atomic E-state index is 11.0. The first-order valence-electron chi connectivity index (χ1n) is 6.02. The predicted molar refractivity (Wildman–Crippen MR) is 71.9 cm³/mol. The number of amides is 1. The van der Waals surface area contributed by atoms with Gasteiger partial charge in [0.25, 0.3) is 5.91 Å². The second kappa shape index (κ2) is 5.98. The maximum Gasteiger partial charge on any atom is 0.259 e. The SMILES string of the molecule is Cc1ccc(C(C)(C)C)cc1COCC(=O)NN. The van der Waals surface area contributed by atoms with E-state index in [1.807, 2.05) is 12.3 Å². The molecule has 1 amide bonds. The Morgan fingerprint density at radius 3 is 2.61 bits per heavy atom. The molecule has 1 rings (SSSR count). The Labute approximate surface area is 108 Å². The monoisotopic (exact) mass is 250 g/mol. The molecule has 0 spiro atoms. The number of rotatable bonds is 4. The quantitative estimate of drug-likeness (QED) is 0.486. The van der Waals surface area contributed by atoms with Crippen molar-refractivity contribution >= 4 is 5.91 Å². The van der Waals surface area contributed by atoms with E-state index in [4.69, 9.17) is 10.6 Å². The molecule has 18 heavy (non-hydrogen) atoms. The first-order valence-corrected chi connectivity index (χ1v) is 6.02. The summed E-state index contributed by atoms with van der Waals surface area (Å²) < 4.78 is 5.33. The van der Waals surface area contributed by atoms with E-state index in [2.05, 4.69) is 39.0 Å². The molecule has 4 nitrogen and oxygen atoms in total. The third kappa shape index (κ3) is 4.13. The van der Waals surface area contributed by atoms with Crippen LogP contribution in [0.1, 0.15) is 37.5 Å². The Bertz CT molecular complexity index is 422. The molecule has 0 heterocycles. The molecule has 0 aromatic heterocycles. The minimum Gasteiger partial charge on any atom is -0.367 e. The van der Waals surface area contributed by atoms with Crippen LogP contribution in [-0.2, 0) is 21.6 Å². The zero-order valence-electron chi connectivity index (χ0n) is 11.5. The summed E-state index contributed by atoms with van der Waals surface area (Å²) in [4.78, 5) is 11.0. The highest BCUT2D eigenvalue weighted by molar-refractivity contribution is 5.76. The van der Waals surface area contributed by atoms with Crippen LogP contribution >= 0.6 is 0 Å². The lowest BCUT2D eigenvalue weighted by molar-refractivity contribution is -0.126. The van der Waals surface area contributed by atoms with Crippen LogP contribution in [0.5, 0.6) is 0 Å². The van der Waals surface area contributed by atoms with Gasteiger partial charge in [-0.1, -0.05) is 39.0 Å². The molecule has 0 bridgehead atoms. The van der Waals surface area contributed by atoms with Crippen LogP contribution in [0.25, 0.3) is 0 Å². The van der Waals surface area contributed by atoms with E-state index >= 15 is 0 Å². The number of carbonyl (C=O) groups excluding carboxylic acids is 1. The van der Waals surface area contributed by atoms with Crippen molar-refractivity contribution in [3.05, 3.63) is 34.9 Å². The van der Waals surface area contributed by atoms with Gasteiger partial charge in [-0.05, 0) is 29.0 Å². The average Bonchev–Trinajstić information content (AvgIpc) is 2.29. The van der Waals surface area contributed by atoms with Crippen LogP contribution in [0.4, 0.5) is 0 Å². The Hall–Kier alpha value is -1.39. The normalized spacial score (nSPS) is 11.4. The van der Waals surface area contributed by atoms with E-state index in [0.717, 1.165) is 11.1 Å². The number of carbonyl (C=O) groups is 1. The van der Waals surface area contributed by atoms with Gasteiger partial charge in [-0.25, -0.2) is 5.84 Å². The number of benzene rings is 1. The summed E-state index contributed by atoms with van der Waals surface area (Å²) >= 11 is 0. The van der Waals surface area contributed by atoms with E-state index in [9.17, 15) is 4.79 Å². The lowest BCUT2D eigenvalue weighted by atomic mass is 9.85. The first kappa shape index (κ1) is 14.7. The molecule has 1 aromatic carbocycles. The van der Waals surface area contributed by atoms with Gasteiger partial charge in [-0.2, -0.15) is 0 Å². The molecular weight excluding hydrogens is 228 g/mol. The second-order valence-corrected chi connectivity index (χ2v) is 5.45. The third-order valence-corrected chi connectivity index (χ3v) is 2.87. The summed E-state index contributed by atoms with van der Waals surface area (Å²) in [7, 11) is 0. The number of nitrogens with two attached hydrogens (primary N) is 1. The van der Waals surface area contributed by atoms with Crippen molar-refractivity contribution in [2.24, 2.45) is 5.84 Å². The van der Waals surface area contributed by atoms with E-state index in [1.165, 1.54) is 5.56 Å². The van der Waals surface area contributed by atoms with Crippen molar-refractivity contribution in [3.63, 3.8) is 0 Å². The molecule has 0 saturated carbocycles. The molecule has 0 aliphatic heterocycles. The second-order valence-electron chi connectivity index (χ2n) is 5.45. The highest BCUT2D eigenvalue weighted by Gasteiger charge is 2.14. The summed E-state index contributed by atoms with van der Waals surface area (Å²) in [6, 6.07) is 6.35. The van der Waals surface area contributed by atoms with Crippen molar-refractivity contribution in [1.82, 2.24) is 5.43 Å². The van der Waals surface area contributed by atoms with Crippen LogP contribution in [0, 0.1) is 6.92 Å². The molecule has 0 saturated heterocycles. The van der Waals surface area contributed by atoms with Gasteiger partial charge in [0.1, 0.15) is 6.61 Å². The number of ether oxygens (including phenoxy) is 1. The number of hydrogen-bond donors (Lipinski definition) is 2. The predicted octanol–water partition coefficient (Wildman–Crippen LogP) is 1.80. The van der Waals surface area contributed by atoms with E-state index in [1.54, 1.807) is 0 Å². The topological polar surface area (TPSA) is 64.3 Å². The molecular formula is C14H22N2O2. The Morgan fingerprint density at radius 2 is 2.06 bits per heavy atom. The van der Waals surface area contributed by atoms with Crippen LogP contribution in [-0.4, -0.2) is 12.5 Å². The van der Waals surface area contributed by atoms with Crippen molar-refractivity contribution in [1.29, 1.82) is 0 Å². The zero-order chi connectivity index (χ0) is 13.8. The lowest BCUT2D eigenvalue weighted by Crippen LogP contribution is -2.33. The molecule has 0 atom stereocenters. The van der Waals surface area contributed by atoms with Crippen molar-refractivity contribution in [2.45, 2.75) is 39.7 Å². The van der Waals surface area contributed by atoms with Gasteiger partial charge in [0.2, 0.25) is 0 Å². The van der Waals surface area contributed by atoms with Crippen LogP contribution in [0.2, 0.25) is 0 Å². The molecule has 3 N–H and O–H groups in total. The van der Waals surface area contributed by atoms with Crippen molar-refractivity contribution < 1.29 is 9.53 Å². The molecule has 0 aliphatic carbocycles. The standard InChI is InChI=1S/C14H22N2O2/c1-10-5-6-12(14(2,3)4)7-11(10)8-18-9-13(17)16-15/h5-7H,8-9,15H2,1-4H3,(H,16,17). The Kier molecular flexibility index (Phi) is 4.87. The summed E-state index contributed by atoms with van der Waals surface area (Å²) in [5.41, 5.74) is 5.67. The van der Waals surface area contributed by atoms with Crippen molar-refractivity contribution in [3.8, 4) is 0 Å². The number of hydrogen-bond acceptors (Lipinski definition) is 3. The lowest BCUT2D eigenvalue weighted by Gasteiger charge is -2.20. The number of hydrazine groups is 1. The molecule has 0 unspecified atom stereocenters. The summed E-state index contributed by atoms with van der Waals surface area (Å²) in [6.45, 7) is 8.95. The molecule has 100 valence electrons. The van der Waals surface area contributed by atoms with Gasteiger partial charge < -0.3 is 4.74 Å². The number of aryl methyl sites for hydroxylation is 1. The molecule has 0 fully saturated rings. The largest absolute Gasteiger partial charge is 0.367 e. The van der Waals surface area contributed by atoms with Gasteiger partial charge in [-0.15, -0.1) is 0 Å². The average molecular weight is 250 g/mol. The van der Waals surface area contributed by atoms with Crippen LogP contribution in [0.15, 0.2) is 18.2 Å². The molecule has 0 radical (unpaired) electrons. The Balaban J connectivity index is 2.73. The maximum atomic E-state index is 11.0. The van der Waals surface area contributed by atoms with Gasteiger partial charge in [0.05, 0.1) is 6.61 Å². The minimum absolute atomic E-state index is 0.0182. The van der Waals surface area contributed by atoms with Gasteiger partial charge in [0.15, 0.2) is 0 Å². The van der Waals surface area contributed by atoms with Gasteiger partial charge in [0, 0.05) is 0 Å². The van der Waals surface area contributed by atoms with E-state index in [-0.39, 0.29) is 17.9 Å². The highest BCUT2D eigenvalue weighted by atomic mass is 16.5. The smallest absolute Gasteiger partial charge is 0.259 e. The van der Waals surface area contributed by atoms with E-state index < -0.39 is 0 Å². The zero-order valence-corrected chi connectivity index (χ0v) is 11.5. The minimum atomic E-state index is -0.320. The fourth-order valence-corrected chi connectivity index (χ4v) is 1.59. The highest BCUT2D eigenvalue weighted by Crippen LogP contribution is 2.24. The van der Waals surface area contributed by atoms with Crippen LogP contribution < -0.4 is 11.3 Å². The first-order chi connectivity index (χ1) is 8.34. The summed E-state index contributed by atoms with van der Waals surface area (Å²) in [5, 5.41) is 0. The molecule has 1 aromatic rings. The van der Waals surface area contributed by atoms with Crippen LogP contribution in [0.3, 0.4) is 0 Å². The fourth-order valence-electron chi connectivity index (χ4n) is 1.59.